The van der Waals surface area contributed by atoms with Crippen molar-refractivity contribution >= 4 is 37.1 Å². The second-order valence-electron chi connectivity index (χ2n) is 6.06. The molecule has 0 spiro atoms. The first-order valence-electron chi connectivity index (χ1n) is 8.00. The number of nitro groups is 1. The Balaban J connectivity index is 2.06. The van der Waals surface area contributed by atoms with E-state index in [-0.39, 0.29) is 22.9 Å². The number of rotatable bonds is 6. The highest BCUT2D eigenvalue weighted by atomic mass is 32.2. The predicted octanol–water partition coefficient (Wildman–Crippen LogP) is 1.73. The maximum absolute atomic E-state index is 12.9. The summed E-state index contributed by atoms with van der Waals surface area (Å²) in [5.41, 5.74) is 0.652. The molecule has 0 saturated carbocycles. The zero-order valence-corrected chi connectivity index (χ0v) is 16.6. The molecule has 0 unspecified atom stereocenters. The van der Waals surface area contributed by atoms with Gasteiger partial charge in [0.2, 0.25) is 15.8 Å². The molecule has 3 rings (SSSR count). The molecule has 0 saturated heterocycles. The first kappa shape index (κ1) is 19.9. The summed E-state index contributed by atoms with van der Waals surface area (Å²) in [6, 6.07) is 8.21. The van der Waals surface area contributed by atoms with Gasteiger partial charge in [-0.05, 0) is 24.6 Å². The minimum atomic E-state index is -4.23. The molecular formula is C16H17N3O7S2. The van der Waals surface area contributed by atoms with Crippen LogP contribution in [0, 0.1) is 10.1 Å². The molecule has 1 heterocycles. The van der Waals surface area contributed by atoms with Gasteiger partial charge in [0, 0.05) is 18.2 Å². The van der Waals surface area contributed by atoms with Crippen LogP contribution >= 0.6 is 0 Å². The van der Waals surface area contributed by atoms with Crippen molar-refractivity contribution in [2.45, 2.75) is 11.3 Å². The van der Waals surface area contributed by atoms with E-state index in [0.29, 0.717) is 17.7 Å². The molecule has 0 aromatic heterocycles. The third-order valence-electron chi connectivity index (χ3n) is 4.28. The van der Waals surface area contributed by atoms with E-state index in [1.54, 1.807) is 6.07 Å². The molecule has 0 fully saturated rings. The summed E-state index contributed by atoms with van der Waals surface area (Å²) in [6.45, 7) is 0.201. The van der Waals surface area contributed by atoms with Crippen molar-refractivity contribution in [2.24, 2.45) is 0 Å². The van der Waals surface area contributed by atoms with Crippen LogP contribution in [0.15, 0.2) is 41.3 Å². The number of hydrogen-bond acceptors (Lipinski definition) is 7. The first-order valence-corrected chi connectivity index (χ1v) is 11.3. The molecular weight excluding hydrogens is 410 g/mol. The van der Waals surface area contributed by atoms with Crippen molar-refractivity contribution in [3.05, 3.63) is 52.1 Å². The molecule has 0 amide bonds. The zero-order valence-electron chi connectivity index (χ0n) is 14.9. The number of nitrogens with zero attached hydrogens (tertiary/aromatic N) is 2. The number of ether oxygens (including phenoxy) is 1. The smallest absolute Gasteiger partial charge is 0.312 e. The maximum Gasteiger partial charge on any atom is 0.312 e. The molecule has 28 heavy (non-hydrogen) atoms. The monoisotopic (exact) mass is 427 g/mol. The fourth-order valence-electron chi connectivity index (χ4n) is 3.11. The minimum absolute atomic E-state index is 0.201. The van der Waals surface area contributed by atoms with Crippen molar-refractivity contribution in [2.75, 3.05) is 28.9 Å². The summed E-state index contributed by atoms with van der Waals surface area (Å²) in [6.07, 6.45) is 1.40. The minimum Gasteiger partial charge on any atom is -0.489 e. The normalized spacial score (nSPS) is 13.9. The van der Waals surface area contributed by atoms with Crippen LogP contribution in [-0.2, 0) is 26.5 Å². The van der Waals surface area contributed by atoms with E-state index in [0.717, 1.165) is 19.4 Å². The summed E-state index contributed by atoms with van der Waals surface area (Å²) in [4.78, 5) is 10.0. The summed E-state index contributed by atoms with van der Waals surface area (Å²) in [5.74, 6) is -0.384. The Kier molecular flexibility index (Phi) is 4.93. The van der Waals surface area contributed by atoms with Gasteiger partial charge in [-0.2, -0.15) is 0 Å². The number of sulfonamides is 2. The fraction of sp³-hybridized carbons (Fsp3) is 0.250. The van der Waals surface area contributed by atoms with Gasteiger partial charge in [0.25, 0.3) is 10.0 Å². The van der Waals surface area contributed by atoms with Crippen LogP contribution < -0.4 is 13.8 Å². The molecule has 1 aliphatic heterocycles. The average molecular weight is 427 g/mol. The van der Waals surface area contributed by atoms with Crippen LogP contribution in [0.2, 0.25) is 0 Å². The molecule has 1 N–H and O–H groups in total. The lowest BCUT2D eigenvalue weighted by atomic mass is 10.1. The Hall–Kier alpha value is -2.86. The Morgan fingerprint density at radius 3 is 2.43 bits per heavy atom. The molecule has 0 radical (unpaired) electrons. The molecule has 1 aliphatic rings. The van der Waals surface area contributed by atoms with E-state index in [9.17, 15) is 26.9 Å². The average Bonchev–Trinajstić information content (AvgIpc) is 3.06. The standard InChI is InChI=1S/C16H17N3O7S2/c1-26-16-14(19(20)21)7-4-8-15(16)28(24,25)17-12-5-3-6-13-11(12)9-10-18(13)27(2,22)23/h3-8,17H,9-10H2,1-2H3. The number of nitro benzene ring substituents is 1. The van der Waals surface area contributed by atoms with Crippen molar-refractivity contribution in [3.8, 4) is 5.75 Å². The SMILES string of the molecule is COc1c([N+](=O)[O-])cccc1S(=O)(=O)Nc1cccc2c1CCN2S(C)(=O)=O. The number of anilines is 2. The van der Waals surface area contributed by atoms with E-state index >= 15 is 0 Å². The first-order chi connectivity index (χ1) is 13.1. The van der Waals surface area contributed by atoms with E-state index in [1.807, 2.05) is 0 Å². The third-order valence-corrected chi connectivity index (χ3v) is 6.85. The number of nitrogens with one attached hydrogen (secondary N) is 1. The molecule has 0 aliphatic carbocycles. The predicted molar refractivity (Wildman–Crippen MR) is 103 cm³/mol. The summed E-state index contributed by atoms with van der Waals surface area (Å²) in [7, 11) is -6.58. The van der Waals surface area contributed by atoms with Gasteiger partial charge in [-0.25, -0.2) is 16.8 Å². The largest absolute Gasteiger partial charge is 0.489 e. The van der Waals surface area contributed by atoms with Crippen LogP contribution in [0.3, 0.4) is 0 Å². The van der Waals surface area contributed by atoms with E-state index in [4.69, 9.17) is 4.74 Å². The zero-order chi connectivity index (χ0) is 20.7. The third kappa shape index (κ3) is 3.47. The molecule has 10 nitrogen and oxygen atoms in total. The van der Waals surface area contributed by atoms with Gasteiger partial charge in [0.15, 0.2) is 0 Å². The van der Waals surface area contributed by atoms with Crippen molar-refractivity contribution in [1.29, 1.82) is 0 Å². The second-order valence-corrected chi connectivity index (χ2v) is 9.62. The molecule has 0 atom stereocenters. The number of fused-ring (bicyclic) bond motifs is 1. The highest BCUT2D eigenvalue weighted by Crippen LogP contribution is 2.38. The molecule has 2 aromatic carbocycles. The van der Waals surface area contributed by atoms with Gasteiger partial charge >= 0.3 is 5.69 Å². The van der Waals surface area contributed by atoms with Crippen molar-refractivity contribution in [1.82, 2.24) is 0 Å². The van der Waals surface area contributed by atoms with Crippen LogP contribution in [0.25, 0.3) is 0 Å². The Morgan fingerprint density at radius 2 is 1.82 bits per heavy atom. The molecule has 0 bridgehead atoms. The number of para-hydroxylation sites is 1. The lowest BCUT2D eigenvalue weighted by Crippen LogP contribution is -2.27. The van der Waals surface area contributed by atoms with E-state index in [2.05, 4.69) is 4.72 Å². The number of methoxy groups -OCH3 is 1. The second kappa shape index (κ2) is 6.95. The van der Waals surface area contributed by atoms with Gasteiger partial charge in [-0.15, -0.1) is 0 Å². The van der Waals surface area contributed by atoms with Gasteiger partial charge < -0.3 is 4.74 Å². The quantitative estimate of drug-likeness (QED) is 0.547. The number of hydrogen-bond donors (Lipinski definition) is 1. The van der Waals surface area contributed by atoms with Crippen LogP contribution in [0.1, 0.15) is 5.56 Å². The summed E-state index contributed by atoms with van der Waals surface area (Å²) < 4.78 is 58.2. The van der Waals surface area contributed by atoms with E-state index < -0.39 is 30.7 Å². The maximum atomic E-state index is 12.9. The lowest BCUT2D eigenvalue weighted by molar-refractivity contribution is -0.386. The van der Waals surface area contributed by atoms with Crippen LogP contribution in [0.5, 0.6) is 5.75 Å². The Labute approximate surface area is 162 Å². The van der Waals surface area contributed by atoms with Gasteiger partial charge in [0.1, 0.15) is 4.90 Å². The molecule has 12 heteroatoms. The Bertz CT molecular complexity index is 1160. The summed E-state index contributed by atoms with van der Waals surface area (Å²) in [5, 5.41) is 11.1. The van der Waals surface area contributed by atoms with E-state index in [1.165, 1.54) is 28.6 Å². The van der Waals surface area contributed by atoms with Gasteiger partial charge in [0.05, 0.1) is 29.7 Å². The molecule has 150 valence electrons. The van der Waals surface area contributed by atoms with Crippen LogP contribution in [-0.4, -0.2) is 41.7 Å². The van der Waals surface area contributed by atoms with Crippen molar-refractivity contribution in [3.63, 3.8) is 0 Å². The van der Waals surface area contributed by atoms with Crippen molar-refractivity contribution < 1.29 is 26.5 Å². The Morgan fingerprint density at radius 1 is 1.14 bits per heavy atom. The summed E-state index contributed by atoms with van der Waals surface area (Å²) >= 11 is 0. The topological polar surface area (TPSA) is 136 Å². The van der Waals surface area contributed by atoms with Gasteiger partial charge in [-0.1, -0.05) is 12.1 Å². The van der Waals surface area contributed by atoms with Crippen LogP contribution in [0.4, 0.5) is 17.1 Å². The fourth-order valence-corrected chi connectivity index (χ4v) is 5.34. The molecule has 2 aromatic rings. The lowest BCUT2D eigenvalue weighted by Gasteiger charge is -2.17. The highest BCUT2D eigenvalue weighted by Gasteiger charge is 2.31. The van der Waals surface area contributed by atoms with Gasteiger partial charge in [-0.3, -0.25) is 19.1 Å². The highest BCUT2D eigenvalue weighted by molar-refractivity contribution is 7.93. The number of benzene rings is 2.